The second-order valence-electron chi connectivity index (χ2n) is 7.86. The van der Waals surface area contributed by atoms with Gasteiger partial charge in [-0.15, -0.1) is 10.2 Å². The van der Waals surface area contributed by atoms with Gasteiger partial charge in [-0.3, -0.25) is 4.90 Å². The SMILES string of the molecule is CCN1CCCC1CNC(=NCc1nnc(C)n1C)NCC(CO)c1ccccc1. The van der Waals surface area contributed by atoms with Gasteiger partial charge in [-0.25, -0.2) is 4.99 Å². The van der Waals surface area contributed by atoms with Crippen molar-refractivity contribution < 1.29 is 5.11 Å². The van der Waals surface area contributed by atoms with E-state index in [1.54, 1.807) is 0 Å². The van der Waals surface area contributed by atoms with Crippen LogP contribution in [0.15, 0.2) is 35.3 Å². The second-order valence-corrected chi connectivity index (χ2v) is 7.86. The first-order valence-corrected chi connectivity index (χ1v) is 10.9. The van der Waals surface area contributed by atoms with Gasteiger partial charge < -0.3 is 20.3 Å². The van der Waals surface area contributed by atoms with Crippen molar-refractivity contribution in [2.45, 2.75) is 45.2 Å². The first kappa shape index (κ1) is 22.2. The Morgan fingerprint density at radius 3 is 2.73 bits per heavy atom. The van der Waals surface area contributed by atoms with Crippen LogP contribution in [0.3, 0.4) is 0 Å². The van der Waals surface area contributed by atoms with Gasteiger partial charge in [0, 0.05) is 32.1 Å². The molecule has 1 saturated heterocycles. The molecule has 0 bridgehead atoms. The fourth-order valence-corrected chi connectivity index (χ4v) is 3.90. The minimum Gasteiger partial charge on any atom is -0.396 e. The van der Waals surface area contributed by atoms with E-state index in [0.29, 0.717) is 19.1 Å². The molecule has 2 atom stereocenters. The summed E-state index contributed by atoms with van der Waals surface area (Å²) in [5.41, 5.74) is 1.11. The Bertz CT molecular complexity index is 805. The number of aromatic nitrogens is 3. The van der Waals surface area contributed by atoms with Gasteiger partial charge in [-0.1, -0.05) is 37.3 Å². The molecule has 0 amide bonds. The summed E-state index contributed by atoms with van der Waals surface area (Å²) in [4.78, 5) is 7.26. The summed E-state index contributed by atoms with van der Waals surface area (Å²) >= 11 is 0. The number of benzene rings is 1. The smallest absolute Gasteiger partial charge is 0.191 e. The van der Waals surface area contributed by atoms with E-state index in [2.05, 4.69) is 32.7 Å². The normalized spacial score (nSPS) is 18.5. The first-order valence-electron chi connectivity index (χ1n) is 10.9. The zero-order chi connectivity index (χ0) is 21.3. The number of aliphatic hydroxyl groups excluding tert-OH is 1. The third-order valence-corrected chi connectivity index (χ3v) is 5.98. The lowest BCUT2D eigenvalue weighted by Crippen LogP contribution is -2.46. The summed E-state index contributed by atoms with van der Waals surface area (Å²) in [7, 11) is 1.95. The van der Waals surface area contributed by atoms with Crippen molar-refractivity contribution in [3.05, 3.63) is 47.5 Å². The van der Waals surface area contributed by atoms with Crippen molar-refractivity contribution in [2.24, 2.45) is 12.0 Å². The van der Waals surface area contributed by atoms with Gasteiger partial charge in [0.2, 0.25) is 0 Å². The molecular formula is C22H35N7O. The van der Waals surface area contributed by atoms with E-state index in [-0.39, 0.29) is 12.5 Å². The molecule has 164 valence electrons. The van der Waals surface area contributed by atoms with Crippen LogP contribution in [0.25, 0.3) is 0 Å². The van der Waals surface area contributed by atoms with E-state index in [1.165, 1.54) is 19.4 Å². The zero-order valence-electron chi connectivity index (χ0n) is 18.4. The molecule has 2 unspecified atom stereocenters. The molecule has 2 aromatic rings. The third kappa shape index (κ3) is 5.79. The molecule has 1 aromatic carbocycles. The highest BCUT2D eigenvalue weighted by molar-refractivity contribution is 5.79. The molecule has 8 nitrogen and oxygen atoms in total. The number of rotatable bonds is 9. The molecule has 0 spiro atoms. The second kappa shape index (κ2) is 11.1. The Hall–Kier alpha value is -2.45. The first-order chi connectivity index (χ1) is 14.6. The maximum absolute atomic E-state index is 9.88. The Morgan fingerprint density at radius 2 is 2.07 bits per heavy atom. The molecule has 1 aliphatic heterocycles. The molecule has 1 fully saturated rings. The van der Waals surface area contributed by atoms with Gasteiger partial charge in [0.05, 0.1) is 6.61 Å². The van der Waals surface area contributed by atoms with Crippen LogP contribution in [0, 0.1) is 6.92 Å². The number of aliphatic hydroxyl groups is 1. The molecule has 3 rings (SSSR count). The van der Waals surface area contributed by atoms with E-state index in [9.17, 15) is 5.11 Å². The van der Waals surface area contributed by atoms with Crippen LogP contribution in [-0.4, -0.2) is 69.6 Å². The van der Waals surface area contributed by atoms with Crippen LogP contribution in [0.5, 0.6) is 0 Å². The Morgan fingerprint density at radius 1 is 1.27 bits per heavy atom. The summed E-state index contributed by atoms with van der Waals surface area (Å²) in [5, 5.41) is 25.1. The van der Waals surface area contributed by atoms with Crippen LogP contribution in [-0.2, 0) is 13.6 Å². The van der Waals surface area contributed by atoms with Gasteiger partial charge >= 0.3 is 0 Å². The van der Waals surface area contributed by atoms with Crippen LogP contribution in [0.4, 0.5) is 0 Å². The summed E-state index contributed by atoms with van der Waals surface area (Å²) in [6.07, 6.45) is 2.46. The lowest BCUT2D eigenvalue weighted by atomic mass is 10.0. The molecule has 2 heterocycles. The highest BCUT2D eigenvalue weighted by Gasteiger charge is 2.23. The van der Waals surface area contributed by atoms with E-state index in [1.807, 2.05) is 48.9 Å². The number of nitrogens with zero attached hydrogens (tertiary/aromatic N) is 5. The molecule has 0 radical (unpaired) electrons. The molecule has 0 saturated carbocycles. The number of likely N-dealkylation sites (N-methyl/N-ethyl adjacent to an activating group) is 1. The summed E-state index contributed by atoms with van der Waals surface area (Å²) in [6.45, 7) is 8.38. The predicted octanol–water partition coefficient (Wildman–Crippen LogP) is 1.42. The van der Waals surface area contributed by atoms with E-state index < -0.39 is 0 Å². The number of aliphatic imine (C=N–C) groups is 1. The number of hydrogen-bond acceptors (Lipinski definition) is 5. The highest BCUT2D eigenvalue weighted by Crippen LogP contribution is 2.16. The molecule has 8 heteroatoms. The van der Waals surface area contributed by atoms with Gasteiger partial charge in [-0.2, -0.15) is 0 Å². The molecule has 0 aliphatic carbocycles. The summed E-state index contributed by atoms with van der Waals surface area (Å²) < 4.78 is 1.96. The Balaban J connectivity index is 1.66. The quantitative estimate of drug-likeness (QED) is 0.426. The topological polar surface area (TPSA) is 90.6 Å². The fraction of sp³-hybridized carbons (Fsp3) is 0.591. The molecule has 1 aromatic heterocycles. The lowest BCUT2D eigenvalue weighted by Gasteiger charge is -2.24. The van der Waals surface area contributed by atoms with Crippen molar-refractivity contribution >= 4 is 5.96 Å². The maximum atomic E-state index is 9.88. The van der Waals surface area contributed by atoms with Gasteiger partial charge in [-0.05, 0) is 38.4 Å². The average Bonchev–Trinajstić information content (AvgIpc) is 3.37. The van der Waals surface area contributed by atoms with Crippen LogP contribution < -0.4 is 10.6 Å². The summed E-state index contributed by atoms with van der Waals surface area (Å²) in [6, 6.07) is 10.6. The van der Waals surface area contributed by atoms with E-state index >= 15 is 0 Å². The van der Waals surface area contributed by atoms with Crippen LogP contribution in [0.2, 0.25) is 0 Å². The van der Waals surface area contributed by atoms with Crippen molar-refractivity contribution in [2.75, 3.05) is 32.8 Å². The van der Waals surface area contributed by atoms with Crippen molar-refractivity contribution in [1.82, 2.24) is 30.3 Å². The third-order valence-electron chi connectivity index (χ3n) is 5.98. The van der Waals surface area contributed by atoms with Gasteiger partial charge in [0.25, 0.3) is 0 Å². The largest absolute Gasteiger partial charge is 0.396 e. The Kier molecular flexibility index (Phi) is 8.21. The zero-order valence-corrected chi connectivity index (χ0v) is 18.4. The molecular weight excluding hydrogens is 378 g/mol. The molecule has 1 aliphatic rings. The van der Waals surface area contributed by atoms with Crippen molar-refractivity contribution in [1.29, 1.82) is 0 Å². The molecule has 3 N–H and O–H groups in total. The van der Waals surface area contributed by atoms with Crippen LogP contribution >= 0.6 is 0 Å². The number of guanidine groups is 1. The monoisotopic (exact) mass is 413 g/mol. The van der Waals surface area contributed by atoms with Crippen molar-refractivity contribution in [3.8, 4) is 0 Å². The van der Waals surface area contributed by atoms with Gasteiger partial charge in [0.15, 0.2) is 11.8 Å². The Labute approximate surface area is 179 Å². The number of likely N-dealkylation sites (tertiary alicyclic amines) is 1. The summed E-state index contributed by atoms with van der Waals surface area (Å²) in [5.74, 6) is 2.45. The van der Waals surface area contributed by atoms with E-state index in [0.717, 1.165) is 36.3 Å². The predicted molar refractivity (Wildman–Crippen MR) is 119 cm³/mol. The lowest BCUT2D eigenvalue weighted by molar-refractivity contribution is 0.262. The molecule has 30 heavy (non-hydrogen) atoms. The maximum Gasteiger partial charge on any atom is 0.191 e. The number of nitrogens with one attached hydrogen (secondary N) is 2. The minimum absolute atomic E-state index is 0.00823. The number of hydrogen-bond donors (Lipinski definition) is 3. The fourth-order valence-electron chi connectivity index (χ4n) is 3.90. The van der Waals surface area contributed by atoms with Gasteiger partial charge in [0.1, 0.15) is 12.4 Å². The standard InChI is InChI=1S/C22H35N7O/c1-4-29-12-8-11-20(29)14-24-22(25-15-21-27-26-17(2)28(21)3)23-13-19(16-30)18-9-6-5-7-10-18/h5-7,9-10,19-20,30H,4,8,11-16H2,1-3H3,(H2,23,24,25). The van der Waals surface area contributed by atoms with Crippen LogP contribution in [0.1, 0.15) is 42.9 Å². The highest BCUT2D eigenvalue weighted by atomic mass is 16.3. The van der Waals surface area contributed by atoms with Crippen molar-refractivity contribution in [3.63, 3.8) is 0 Å². The average molecular weight is 414 g/mol. The van der Waals surface area contributed by atoms with E-state index in [4.69, 9.17) is 4.99 Å². The minimum atomic E-state index is 0.00823. The number of aryl methyl sites for hydroxylation is 1.